The molecule has 0 unspecified atom stereocenters. The number of nitrogens with zero attached hydrogens (tertiary/aromatic N) is 3. The van der Waals surface area contributed by atoms with Crippen molar-refractivity contribution in [1.29, 1.82) is 0 Å². The fourth-order valence-corrected chi connectivity index (χ4v) is 4.19. The van der Waals surface area contributed by atoms with E-state index in [1.165, 1.54) is 0 Å². The van der Waals surface area contributed by atoms with Crippen LogP contribution in [0.15, 0.2) is 54.9 Å². The second-order valence-corrected chi connectivity index (χ2v) is 7.76. The second kappa shape index (κ2) is 7.72. The van der Waals surface area contributed by atoms with Crippen molar-refractivity contribution in [3.8, 4) is 0 Å². The lowest BCUT2D eigenvalue weighted by atomic mass is 9.84. The molecule has 0 radical (unpaired) electrons. The molecular weight excluding hydrogens is 354 g/mol. The molecule has 1 aromatic heterocycles. The van der Waals surface area contributed by atoms with E-state index < -0.39 is 5.60 Å². The molecule has 0 aliphatic carbocycles. The Morgan fingerprint density at radius 3 is 2.57 bits per heavy atom. The minimum Gasteiger partial charge on any atom is -0.385 e. The van der Waals surface area contributed by atoms with Crippen molar-refractivity contribution in [1.82, 2.24) is 14.8 Å². The highest BCUT2D eigenvalue weighted by molar-refractivity contribution is 5.89. The average Bonchev–Trinajstić information content (AvgIpc) is 3.10. The second-order valence-electron chi connectivity index (χ2n) is 7.76. The number of pyridine rings is 1. The highest BCUT2D eigenvalue weighted by Crippen LogP contribution is 2.33. The summed E-state index contributed by atoms with van der Waals surface area (Å²) in [6.07, 6.45) is 4.75. The van der Waals surface area contributed by atoms with Gasteiger partial charge < -0.3 is 14.9 Å². The minimum absolute atomic E-state index is 0.0139. The lowest BCUT2D eigenvalue weighted by molar-refractivity contribution is -0.140. The topological polar surface area (TPSA) is 73.7 Å². The van der Waals surface area contributed by atoms with Crippen LogP contribution in [-0.2, 0) is 21.7 Å². The summed E-state index contributed by atoms with van der Waals surface area (Å²) in [6.45, 7) is 1.96. The Morgan fingerprint density at radius 2 is 1.89 bits per heavy atom. The summed E-state index contributed by atoms with van der Waals surface area (Å²) in [7, 11) is 0. The molecule has 6 heteroatoms. The van der Waals surface area contributed by atoms with Crippen LogP contribution in [0.3, 0.4) is 0 Å². The van der Waals surface area contributed by atoms with Gasteiger partial charge in [-0.05, 0) is 30.0 Å². The Balaban J connectivity index is 1.35. The third-order valence-corrected chi connectivity index (χ3v) is 5.87. The van der Waals surface area contributed by atoms with Crippen LogP contribution >= 0.6 is 0 Å². The molecule has 3 heterocycles. The van der Waals surface area contributed by atoms with Crippen molar-refractivity contribution in [3.05, 3.63) is 66.0 Å². The molecule has 0 spiro atoms. The number of aliphatic hydroxyl groups is 1. The van der Waals surface area contributed by atoms with Gasteiger partial charge >= 0.3 is 0 Å². The van der Waals surface area contributed by atoms with Crippen LogP contribution in [0.25, 0.3) is 0 Å². The molecule has 2 aromatic rings. The molecule has 1 N–H and O–H groups in total. The predicted octanol–water partition coefficient (Wildman–Crippen LogP) is 1.94. The third-order valence-electron chi connectivity index (χ3n) is 5.87. The van der Waals surface area contributed by atoms with Crippen molar-refractivity contribution < 1.29 is 14.7 Å². The first-order valence-corrected chi connectivity index (χ1v) is 9.78. The van der Waals surface area contributed by atoms with E-state index in [0.29, 0.717) is 39.0 Å². The van der Waals surface area contributed by atoms with Gasteiger partial charge in [-0.3, -0.25) is 14.6 Å². The normalized spacial score (nSPS) is 21.8. The van der Waals surface area contributed by atoms with Crippen LogP contribution < -0.4 is 0 Å². The van der Waals surface area contributed by atoms with E-state index in [-0.39, 0.29) is 24.2 Å². The smallest absolute Gasteiger partial charge is 0.227 e. The van der Waals surface area contributed by atoms with Crippen LogP contribution in [0.4, 0.5) is 0 Å². The van der Waals surface area contributed by atoms with E-state index in [9.17, 15) is 14.7 Å². The van der Waals surface area contributed by atoms with Gasteiger partial charge in [0, 0.05) is 45.0 Å². The van der Waals surface area contributed by atoms with Crippen LogP contribution in [0, 0.1) is 5.92 Å². The standard InChI is InChI=1S/C22H25N3O3/c26-20-13-18(16-25(20)15-17-5-4-10-23-14-17)21(27)24-11-8-22(28,9-12-24)19-6-2-1-3-7-19/h1-7,10,14,18,28H,8-9,11-13,15-16H2/t18-/m0/s1. The van der Waals surface area contributed by atoms with Crippen LogP contribution in [0.2, 0.25) is 0 Å². The molecule has 6 nitrogen and oxygen atoms in total. The zero-order chi connectivity index (χ0) is 19.6. The van der Waals surface area contributed by atoms with Gasteiger partial charge in [-0.15, -0.1) is 0 Å². The Bertz CT molecular complexity index is 833. The maximum Gasteiger partial charge on any atom is 0.227 e. The number of carbonyl (C=O) groups is 2. The Hall–Kier alpha value is -2.73. The summed E-state index contributed by atoms with van der Waals surface area (Å²) in [5.41, 5.74) is 0.992. The lowest BCUT2D eigenvalue weighted by Gasteiger charge is -2.39. The number of benzene rings is 1. The van der Waals surface area contributed by atoms with Gasteiger partial charge in [-0.25, -0.2) is 0 Å². The molecule has 146 valence electrons. The van der Waals surface area contributed by atoms with Gasteiger partial charge in [0.2, 0.25) is 11.8 Å². The first-order chi connectivity index (χ1) is 13.5. The Morgan fingerprint density at radius 1 is 1.14 bits per heavy atom. The van der Waals surface area contributed by atoms with Gasteiger partial charge in [0.05, 0.1) is 11.5 Å². The molecule has 0 bridgehead atoms. The first kappa shape index (κ1) is 18.6. The number of hydrogen-bond donors (Lipinski definition) is 1. The molecule has 2 fully saturated rings. The zero-order valence-corrected chi connectivity index (χ0v) is 15.8. The SMILES string of the molecule is O=C1C[C@H](C(=O)N2CCC(O)(c3ccccc3)CC2)CN1Cc1cccnc1. The number of likely N-dealkylation sites (tertiary alicyclic amines) is 2. The van der Waals surface area contributed by atoms with Crippen LogP contribution in [-0.4, -0.2) is 51.3 Å². The molecule has 1 atom stereocenters. The van der Waals surface area contributed by atoms with Gasteiger partial charge in [-0.1, -0.05) is 36.4 Å². The van der Waals surface area contributed by atoms with Crippen molar-refractivity contribution >= 4 is 11.8 Å². The molecule has 28 heavy (non-hydrogen) atoms. The van der Waals surface area contributed by atoms with Crippen molar-refractivity contribution in [3.63, 3.8) is 0 Å². The fourth-order valence-electron chi connectivity index (χ4n) is 4.19. The predicted molar refractivity (Wildman–Crippen MR) is 104 cm³/mol. The van der Waals surface area contributed by atoms with Gasteiger partial charge in [-0.2, -0.15) is 0 Å². The third kappa shape index (κ3) is 3.78. The summed E-state index contributed by atoms with van der Waals surface area (Å²) >= 11 is 0. The van der Waals surface area contributed by atoms with Crippen molar-refractivity contribution in [2.24, 2.45) is 5.92 Å². The van der Waals surface area contributed by atoms with Gasteiger partial charge in [0.15, 0.2) is 0 Å². The quantitative estimate of drug-likeness (QED) is 0.881. The van der Waals surface area contributed by atoms with E-state index in [1.807, 2.05) is 47.4 Å². The summed E-state index contributed by atoms with van der Waals surface area (Å²) in [5.74, 6) is -0.260. The molecule has 4 rings (SSSR count). The van der Waals surface area contributed by atoms with E-state index in [1.54, 1.807) is 17.3 Å². The molecule has 2 aliphatic heterocycles. The monoisotopic (exact) mass is 379 g/mol. The summed E-state index contributed by atoms with van der Waals surface area (Å²) in [5, 5.41) is 10.9. The first-order valence-electron chi connectivity index (χ1n) is 9.78. The van der Waals surface area contributed by atoms with Gasteiger partial charge in [0.1, 0.15) is 0 Å². The van der Waals surface area contributed by atoms with E-state index in [0.717, 1.165) is 11.1 Å². The lowest BCUT2D eigenvalue weighted by Crippen LogP contribution is -2.47. The number of piperidine rings is 1. The number of rotatable bonds is 4. The molecule has 0 saturated carbocycles. The zero-order valence-electron chi connectivity index (χ0n) is 15.8. The summed E-state index contributed by atoms with van der Waals surface area (Å²) in [6, 6.07) is 13.4. The molecular formula is C22H25N3O3. The molecule has 1 aromatic carbocycles. The molecule has 2 amide bonds. The van der Waals surface area contributed by atoms with Crippen molar-refractivity contribution in [2.45, 2.75) is 31.4 Å². The molecule has 2 aliphatic rings. The number of hydrogen-bond acceptors (Lipinski definition) is 4. The highest BCUT2D eigenvalue weighted by Gasteiger charge is 2.40. The van der Waals surface area contributed by atoms with E-state index in [2.05, 4.69) is 4.98 Å². The number of aromatic nitrogens is 1. The van der Waals surface area contributed by atoms with Gasteiger partial charge in [0.25, 0.3) is 0 Å². The fraction of sp³-hybridized carbons (Fsp3) is 0.409. The summed E-state index contributed by atoms with van der Waals surface area (Å²) < 4.78 is 0. The Labute approximate surface area is 164 Å². The number of carbonyl (C=O) groups excluding carboxylic acids is 2. The average molecular weight is 379 g/mol. The van der Waals surface area contributed by atoms with Crippen LogP contribution in [0.1, 0.15) is 30.4 Å². The van der Waals surface area contributed by atoms with Crippen LogP contribution in [0.5, 0.6) is 0 Å². The van der Waals surface area contributed by atoms with E-state index in [4.69, 9.17) is 0 Å². The summed E-state index contributed by atoms with van der Waals surface area (Å²) in [4.78, 5) is 32.9. The molecule has 2 saturated heterocycles. The highest BCUT2D eigenvalue weighted by atomic mass is 16.3. The van der Waals surface area contributed by atoms with Crippen molar-refractivity contribution in [2.75, 3.05) is 19.6 Å². The van der Waals surface area contributed by atoms with E-state index >= 15 is 0 Å². The maximum absolute atomic E-state index is 12.9. The minimum atomic E-state index is -0.879. The number of amides is 2. The largest absolute Gasteiger partial charge is 0.385 e. The Kier molecular flexibility index (Phi) is 5.13. The maximum atomic E-state index is 12.9.